The lowest BCUT2D eigenvalue weighted by Gasteiger charge is -1.92. The summed E-state index contributed by atoms with van der Waals surface area (Å²) in [6.45, 7) is 1.94. The van der Waals surface area contributed by atoms with Crippen molar-refractivity contribution in [1.82, 2.24) is 10.2 Å². The first-order valence-corrected chi connectivity index (χ1v) is 5.19. The van der Waals surface area contributed by atoms with Crippen LogP contribution in [-0.4, -0.2) is 10.2 Å². The van der Waals surface area contributed by atoms with Gasteiger partial charge in [0.25, 0.3) is 0 Å². The zero-order valence-electron chi connectivity index (χ0n) is 7.86. The Morgan fingerprint density at radius 2 is 2.21 bits per heavy atom. The Kier molecular flexibility index (Phi) is 2.49. The second kappa shape index (κ2) is 3.79. The Morgan fingerprint density at radius 1 is 1.36 bits per heavy atom. The molecular weight excluding hydrogens is 198 g/mol. The Balaban J connectivity index is 1.94. The van der Waals surface area contributed by atoms with Crippen LogP contribution < -0.4 is 5.73 Å². The van der Waals surface area contributed by atoms with Gasteiger partial charge in [0, 0.05) is 12.8 Å². The fraction of sp³-hybridized carbons (Fsp3) is 0.333. The molecule has 0 aliphatic heterocycles. The van der Waals surface area contributed by atoms with Crippen LogP contribution in [0.1, 0.15) is 16.5 Å². The van der Waals surface area contributed by atoms with E-state index >= 15 is 0 Å². The van der Waals surface area contributed by atoms with E-state index in [0.29, 0.717) is 5.13 Å². The number of nitrogens with two attached hydrogens (primary N) is 1. The summed E-state index contributed by atoms with van der Waals surface area (Å²) < 4.78 is 5.44. The lowest BCUT2D eigenvalue weighted by molar-refractivity contribution is 0.482. The number of anilines is 1. The molecule has 2 aromatic heterocycles. The predicted octanol–water partition coefficient (Wildman–Crippen LogP) is 1.81. The van der Waals surface area contributed by atoms with E-state index in [1.54, 1.807) is 0 Å². The minimum Gasteiger partial charge on any atom is -0.466 e. The topological polar surface area (TPSA) is 64.9 Å². The van der Waals surface area contributed by atoms with Crippen molar-refractivity contribution in [3.05, 3.63) is 28.7 Å². The SMILES string of the molecule is Cc1ccc(CCc2nnc(N)s2)o1. The molecular formula is C9H11N3OS. The van der Waals surface area contributed by atoms with Crippen molar-refractivity contribution in [2.45, 2.75) is 19.8 Å². The Hall–Kier alpha value is -1.36. The Bertz CT molecular complexity index is 381. The summed E-state index contributed by atoms with van der Waals surface area (Å²) in [6, 6.07) is 3.95. The fourth-order valence-corrected chi connectivity index (χ4v) is 1.83. The van der Waals surface area contributed by atoms with Crippen molar-refractivity contribution < 1.29 is 4.42 Å². The quantitative estimate of drug-likeness (QED) is 0.837. The van der Waals surface area contributed by atoms with E-state index in [9.17, 15) is 0 Å². The van der Waals surface area contributed by atoms with Gasteiger partial charge in [-0.1, -0.05) is 11.3 Å². The highest BCUT2D eigenvalue weighted by Gasteiger charge is 2.03. The number of furan rings is 1. The molecule has 0 fully saturated rings. The summed E-state index contributed by atoms with van der Waals surface area (Å²) in [5.74, 6) is 1.92. The third kappa shape index (κ3) is 2.11. The highest BCUT2D eigenvalue weighted by atomic mass is 32.1. The molecule has 14 heavy (non-hydrogen) atoms. The Morgan fingerprint density at radius 3 is 2.79 bits per heavy atom. The molecule has 0 aliphatic rings. The van der Waals surface area contributed by atoms with Gasteiger partial charge in [0.2, 0.25) is 5.13 Å². The van der Waals surface area contributed by atoms with E-state index in [1.807, 2.05) is 19.1 Å². The number of aryl methyl sites for hydroxylation is 3. The smallest absolute Gasteiger partial charge is 0.203 e. The average molecular weight is 209 g/mol. The second-order valence-corrected chi connectivity index (χ2v) is 4.14. The van der Waals surface area contributed by atoms with Gasteiger partial charge in [-0.25, -0.2) is 0 Å². The maximum absolute atomic E-state index is 5.47. The van der Waals surface area contributed by atoms with Crippen molar-refractivity contribution in [3.8, 4) is 0 Å². The zero-order chi connectivity index (χ0) is 9.97. The molecule has 2 rings (SSSR count). The van der Waals surface area contributed by atoms with Gasteiger partial charge < -0.3 is 10.2 Å². The van der Waals surface area contributed by atoms with E-state index in [1.165, 1.54) is 11.3 Å². The summed E-state index contributed by atoms with van der Waals surface area (Å²) >= 11 is 1.43. The number of hydrogen-bond donors (Lipinski definition) is 1. The number of hydrogen-bond acceptors (Lipinski definition) is 5. The van der Waals surface area contributed by atoms with Gasteiger partial charge in [0.05, 0.1) is 0 Å². The molecule has 0 unspecified atom stereocenters. The second-order valence-electron chi connectivity index (χ2n) is 3.05. The first kappa shape index (κ1) is 9.21. The van der Waals surface area contributed by atoms with E-state index < -0.39 is 0 Å². The van der Waals surface area contributed by atoms with Crippen LogP contribution in [0.3, 0.4) is 0 Å². The molecule has 0 spiro atoms. The van der Waals surface area contributed by atoms with Crippen LogP contribution in [0.25, 0.3) is 0 Å². The van der Waals surface area contributed by atoms with E-state index in [-0.39, 0.29) is 0 Å². The molecule has 74 valence electrons. The van der Waals surface area contributed by atoms with Crippen molar-refractivity contribution >= 4 is 16.5 Å². The standard InChI is InChI=1S/C9H11N3OS/c1-6-2-3-7(13-6)4-5-8-11-12-9(10)14-8/h2-3H,4-5H2,1H3,(H2,10,12). The largest absolute Gasteiger partial charge is 0.466 e. The minimum absolute atomic E-state index is 0.524. The molecule has 4 nitrogen and oxygen atoms in total. The lowest BCUT2D eigenvalue weighted by Crippen LogP contribution is -1.88. The number of aromatic nitrogens is 2. The molecule has 2 heterocycles. The maximum Gasteiger partial charge on any atom is 0.203 e. The molecule has 0 aromatic carbocycles. The molecule has 0 amide bonds. The Labute approximate surface area is 85.8 Å². The number of nitrogen functional groups attached to an aromatic ring is 1. The highest BCUT2D eigenvalue weighted by molar-refractivity contribution is 7.15. The predicted molar refractivity (Wildman–Crippen MR) is 55.2 cm³/mol. The normalized spacial score (nSPS) is 10.6. The number of nitrogens with zero attached hydrogens (tertiary/aromatic N) is 2. The van der Waals surface area contributed by atoms with Gasteiger partial charge in [0.15, 0.2) is 0 Å². The highest BCUT2D eigenvalue weighted by Crippen LogP contribution is 2.15. The summed E-state index contributed by atoms with van der Waals surface area (Å²) in [6.07, 6.45) is 1.68. The van der Waals surface area contributed by atoms with Gasteiger partial charge in [-0.15, -0.1) is 10.2 Å². The van der Waals surface area contributed by atoms with Crippen LogP contribution in [-0.2, 0) is 12.8 Å². The van der Waals surface area contributed by atoms with E-state index in [2.05, 4.69) is 10.2 Å². The van der Waals surface area contributed by atoms with Crippen LogP contribution in [0.15, 0.2) is 16.5 Å². The van der Waals surface area contributed by atoms with Gasteiger partial charge >= 0.3 is 0 Å². The third-order valence-electron chi connectivity index (χ3n) is 1.86. The molecule has 0 aliphatic carbocycles. The molecule has 0 saturated heterocycles. The van der Waals surface area contributed by atoms with Crippen LogP contribution in [0.2, 0.25) is 0 Å². The fourth-order valence-electron chi connectivity index (χ4n) is 1.22. The van der Waals surface area contributed by atoms with Crippen molar-refractivity contribution in [2.24, 2.45) is 0 Å². The van der Waals surface area contributed by atoms with Gasteiger partial charge in [-0.2, -0.15) is 0 Å². The van der Waals surface area contributed by atoms with E-state index in [0.717, 1.165) is 29.4 Å². The third-order valence-corrected chi connectivity index (χ3v) is 2.68. The van der Waals surface area contributed by atoms with Gasteiger partial charge in [-0.05, 0) is 19.1 Å². The summed E-state index contributed by atoms with van der Waals surface area (Å²) in [5, 5.41) is 9.17. The molecule has 0 saturated carbocycles. The first-order chi connectivity index (χ1) is 6.74. The van der Waals surface area contributed by atoms with Crippen molar-refractivity contribution in [2.75, 3.05) is 5.73 Å². The molecule has 2 aromatic rings. The summed E-state index contributed by atoms with van der Waals surface area (Å²) in [7, 11) is 0. The molecule has 0 radical (unpaired) electrons. The zero-order valence-corrected chi connectivity index (χ0v) is 8.67. The van der Waals surface area contributed by atoms with Crippen LogP contribution in [0.4, 0.5) is 5.13 Å². The lowest BCUT2D eigenvalue weighted by atomic mass is 10.2. The van der Waals surface area contributed by atoms with Gasteiger partial charge in [0.1, 0.15) is 16.5 Å². The van der Waals surface area contributed by atoms with Crippen LogP contribution in [0.5, 0.6) is 0 Å². The maximum atomic E-state index is 5.47. The molecule has 0 atom stereocenters. The summed E-state index contributed by atoms with van der Waals surface area (Å²) in [4.78, 5) is 0. The van der Waals surface area contributed by atoms with Crippen molar-refractivity contribution in [3.63, 3.8) is 0 Å². The van der Waals surface area contributed by atoms with Crippen LogP contribution in [0, 0.1) is 6.92 Å². The minimum atomic E-state index is 0.524. The van der Waals surface area contributed by atoms with Crippen molar-refractivity contribution in [1.29, 1.82) is 0 Å². The number of rotatable bonds is 3. The molecule has 5 heteroatoms. The molecule has 0 bridgehead atoms. The first-order valence-electron chi connectivity index (χ1n) is 4.37. The van der Waals surface area contributed by atoms with E-state index in [4.69, 9.17) is 10.2 Å². The summed E-state index contributed by atoms with van der Waals surface area (Å²) in [5.41, 5.74) is 5.47. The van der Waals surface area contributed by atoms with Gasteiger partial charge in [-0.3, -0.25) is 0 Å². The monoisotopic (exact) mass is 209 g/mol. The van der Waals surface area contributed by atoms with Crippen LogP contribution >= 0.6 is 11.3 Å². The average Bonchev–Trinajstić information content (AvgIpc) is 2.72. The molecule has 2 N–H and O–H groups in total.